The van der Waals surface area contributed by atoms with E-state index in [9.17, 15) is 4.79 Å². The Balaban J connectivity index is 2.49. The van der Waals surface area contributed by atoms with Gasteiger partial charge in [-0.3, -0.25) is 4.79 Å². The third kappa shape index (κ3) is 4.28. The fourth-order valence-electron chi connectivity index (χ4n) is 2.30. The third-order valence-electron chi connectivity index (χ3n) is 3.31. The number of rotatable bonds is 5. The zero-order valence-corrected chi connectivity index (χ0v) is 11.3. The summed E-state index contributed by atoms with van der Waals surface area (Å²) in [6, 6.07) is 0. The molecule has 1 aliphatic heterocycles. The molecular formula is C13H26N2O2. The average Bonchev–Trinajstić information content (AvgIpc) is 2.34. The monoisotopic (exact) mass is 242 g/mol. The second-order valence-corrected chi connectivity index (χ2v) is 5.09. The van der Waals surface area contributed by atoms with Crippen LogP contribution < -0.4 is 5.73 Å². The Morgan fingerprint density at radius 1 is 1.53 bits per heavy atom. The SMILES string of the molecule is CCCCC(C)C(=O)N1CC(C)OC(CN)C1. The number of unbranched alkanes of at least 4 members (excludes halogenated alkanes) is 1. The lowest BCUT2D eigenvalue weighted by Crippen LogP contribution is -2.52. The van der Waals surface area contributed by atoms with E-state index in [0.29, 0.717) is 19.6 Å². The van der Waals surface area contributed by atoms with E-state index < -0.39 is 0 Å². The van der Waals surface area contributed by atoms with E-state index in [4.69, 9.17) is 10.5 Å². The van der Waals surface area contributed by atoms with Crippen molar-refractivity contribution in [3.05, 3.63) is 0 Å². The summed E-state index contributed by atoms with van der Waals surface area (Å²) in [6.07, 6.45) is 3.34. The first-order chi connectivity index (χ1) is 8.08. The van der Waals surface area contributed by atoms with Crippen molar-refractivity contribution in [3.63, 3.8) is 0 Å². The van der Waals surface area contributed by atoms with Crippen LogP contribution in [-0.2, 0) is 9.53 Å². The van der Waals surface area contributed by atoms with Crippen molar-refractivity contribution in [1.82, 2.24) is 4.90 Å². The van der Waals surface area contributed by atoms with Crippen molar-refractivity contribution < 1.29 is 9.53 Å². The van der Waals surface area contributed by atoms with Gasteiger partial charge in [0.25, 0.3) is 0 Å². The van der Waals surface area contributed by atoms with E-state index in [-0.39, 0.29) is 24.0 Å². The minimum Gasteiger partial charge on any atom is -0.370 e. The largest absolute Gasteiger partial charge is 0.370 e. The topological polar surface area (TPSA) is 55.6 Å². The van der Waals surface area contributed by atoms with E-state index >= 15 is 0 Å². The molecule has 3 atom stereocenters. The molecule has 3 unspecified atom stereocenters. The molecule has 0 bridgehead atoms. The molecule has 100 valence electrons. The smallest absolute Gasteiger partial charge is 0.225 e. The van der Waals surface area contributed by atoms with Crippen molar-refractivity contribution in [3.8, 4) is 0 Å². The average molecular weight is 242 g/mol. The first-order valence-electron chi connectivity index (χ1n) is 6.72. The van der Waals surface area contributed by atoms with Gasteiger partial charge in [0, 0.05) is 25.6 Å². The first-order valence-corrected chi connectivity index (χ1v) is 6.72. The molecule has 0 aromatic rings. The highest BCUT2D eigenvalue weighted by Crippen LogP contribution is 2.16. The minimum absolute atomic E-state index is 0.000996. The molecule has 0 aromatic carbocycles. The number of nitrogens with zero attached hydrogens (tertiary/aromatic N) is 1. The van der Waals surface area contributed by atoms with Crippen LogP contribution in [0.3, 0.4) is 0 Å². The van der Waals surface area contributed by atoms with Crippen molar-refractivity contribution >= 4 is 5.91 Å². The van der Waals surface area contributed by atoms with E-state index in [1.165, 1.54) is 0 Å². The van der Waals surface area contributed by atoms with Crippen LogP contribution >= 0.6 is 0 Å². The van der Waals surface area contributed by atoms with Crippen LogP contribution in [0, 0.1) is 5.92 Å². The number of morpholine rings is 1. The molecule has 0 radical (unpaired) electrons. The van der Waals surface area contributed by atoms with Gasteiger partial charge < -0.3 is 15.4 Å². The number of hydrogen-bond donors (Lipinski definition) is 1. The van der Waals surface area contributed by atoms with Gasteiger partial charge in [0.1, 0.15) is 0 Å². The molecule has 17 heavy (non-hydrogen) atoms. The quantitative estimate of drug-likeness (QED) is 0.792. The Labute approximate surface area is 104 Å². The summed E-state index contributed by atoms with van der Waals surface area (Å²) in [6.45, 7) is 8.01. The third-order valence-corrected chi connectivity index (χ3v) is 3.31. The zero-order valence-electron chi connectivity index (χ0n) is 11.3. The predicted octanol–water partition coefficient (Wildman–Crippen LogP) is 1.39. The lowest BCUT2D eigenvalue weighted by molar-refractivity contribution is -0.147. The molecular weight excluding hydrogens is 216 g/mol. The number of amides is 1. The zero-order chi connectivity index (χ0) is 12.8. The molecule has 0 saturated carbocycles. The summed E-state index contributed by atoms with van der Waals surface area (Å²) in [5, 5.41) is 0. The molecule has 0 aliphatic carbocycles. The highest BCUT2D eigenvalue weighted by atomic mass is 16.5. The van der Waals surface area contributed by atoms with Gasteiger partial charge >= 0.3 is 0 Å². The van der Waals surface area contributed by atoms with Gasteiger partial charge in [0.2, 0.25) is 5.91 Å². The van der Waals surface area contributed by atoms with Gasteiger partial charge in [0.15, 0.2) is 0 Å². The first kappa shape index (κ1) is 14.5. The van der Waals surface area contributed by atoms with Crippen LogP contribution in [0.25, 0.3) is 0 Å². The lowest BCUT2D eigenvalue weighted by Gasteiger charge is -2.37. The Bertz CT molecular complexity index is 246. The van der Waals surface area contributed by atoms with Gasteiger partial charge in [-0.15, -0.1) is 0 Å². The van der Waals surface area contributed by atoms with Crippen molar-refractivity contribution in [1.29, 1.82) is 0 Å². The van der Waals surface area contributed by atoms with Crippen molar-refractivity contribution in [2.45, 2.75) is 52.2 Å². The number of ether oxygens (including phenoxy) is 1. The molecule has 1 saturated heterocycles. The van der Waals surface area contributed by atoms with Gasteiger partial charge in [-0.05, 0) is 13.3 Å². The summed E-state index contributed by atoms with van der Waals surface area (Å²) in [5.74, 6) is 0.380. The van der Waals surface area contributed by atoms with Crippen molar-refractivity contribution in [2.24, 2.45) is 11.7 Å². The molecule has 4 heteroatoms. The van der Waals surface area contributed by atoms with Crippen LogP contribution in [0.15, 0.2) is 0 Å². The van der Waals surface area contributed by atoms with E-state index in [1.54, 1.807) is 0 Å². The molecule has 2 N–H and O–H groups in total. The molecule has 0 spiro atoms. The number of carbonyl (C=O) groups excluding carboxylic acids is 1. The molecule has 1 fully saturated rings. The van der Waals surface area contributed by atoms with E-state index in [1.807, 2.05) is 18.7 Å². The Kier molecular flexibility index (Phi) is 5.92. The Morgan fingerprint density at radius 2 is 2.24 bits per heavy atom. The standard InChI is InChI=1S/C13H26N2O2/c1-4-5-6-10(2)13(16)15-8-11(3)17-12(7-14)9-15/h10-12H,4-9,14H2,1-3H3. The second kappa shape index (κ2) is 6.97. The number of hydrogen-bond acceptors (Lipinski definition) is 3. The van der Waals surface area contributed by atoms with Crippen LogP contribution in [0.1, 0.15) is 40.0 Å². The number of carbonyl (C=O) groups is 1. The highest BCUT2D eigenvalue weighted by molar-refractivity contribution is 5.78. The maximum absolute atomic E-state index is 12.2. The maximum atomic E-state index is 12.2. The van der Waals surface area contributed by atoms with E-state index in [0.717, 1.165) is 19.3 Å². The molecule has 1 heterocycles. The van der Waals surface area contributed by atoms with Crippen LogP contribution in [0.2, 0.25) is 0 Å². The summed E-state index contributed by atoms with van der Waals surface area (Å²) < 4.78 is 5.66. The summed E-state index contributed by atoms with van der Waals surface area (Å²) in [5.41, 5.74) is 5.62. The molecule has 0 aromatic heterocycles. The van der Waals surface area contributed by atoms with Gasteiger partial charge in [0.05, 0.1) is 12.2 Å². The highest BCUT2D eigenvalue weighted by Gasteiger charge is 2.29. The molecule has 4 nitrogen and oxygen atoms in total. The number of nitrogens with two attached hydrogens (primary N) is 1. The molecule has 1 aliphatic rings. The van der Waals surface area contributed by atoms with Crippen molar-refractivity contribution in [2.75, 3.05) is 19.6 Å². The second-order valence-electron chi connectivity index (χ2n) is 5.09. The summed E-state index contributed by atoms with van der Waals surface area (Å²) >= 11 is 0. The maximum Gasteiger partial charge on any atom is 0.225 e. The lowest BCUT2D eigenvalue weighted by atomic mass is 10.0. The Morgan fingerprint density at radius 3 is 2.82 bits per heavy atom. The summed E-state index contributed by atoms with van der Waals surface area (Å²) in [7, 11) is 0. The van der Waals surface area contributed by atoms with Gasteiger partial charge in [-0.1, -0.05) is 26.7 Å². The van der Waals surface area contributed by atoms with Gasteiger partial charge in [-0.2, -0.15) is 0 Å². The summed E-state index contributed by atoms with van der Waals surface area (Å²) in [4.78, 5) is 14.2. The Hall–Kier alpha value is -0.610. The fraction of sp³-hybridized carbons (Fsp3) is 0.923. The van der Waals surface area contributed by atoms with Crippen LogP contribution in [0.4, 0.5) is 0 Å². The predicted molar refractivity (Wildman–Crippen MR) is 68.7 cm³/mol. The van der Waals surface area contributed by atoms with Crippen LogP contribution in [0.5, 0.6) is 0 Å². The molecule has 1 rings (SSSR count). The fourth-order valence-corrected chi connectivity index (χ4v) is 2.30. The van der Waals surface area contributed by atoms with Gasteiger partial charge in [-0.25, -0.2) is 0 Å². The minimum atomic E-state index is 0.000996. The molecule has 1 amide bonds. The van der Waals surface area contributed by atoms with Crippen LogP contribution in [-0.4, -0.2) is 42.6 Å². The van der Waals surface area contributed by atoms with E-state index in [2.05, 4.69) is 6.92 Å². The normalized spacial score (nSPS) is 26.9.